The minimum absolute atomic E-state index is 0.134. The first kappa shape index (κ1) is 17.4. The monoisotopic (exact) mass is 344 g/mol. The van der Waals surface area contributed by atoms with Crippen LogP contribution in [0.3, 0.4) is 0 Å². The summed E-state index contributed by atoms with van der Waals surface area (Å²) in [5, 5.41) is 14.4. The van der Waals surface area contributed by atoms with E-state index < -0.39 is 11.9 Å². The van der Waals surface area contributed by atoms with Gasteiger partial charge in [0.05, 0.1) is 29.1 Å². The molecule has 1 N–H and O–H groups in total. The molecule has 134 valence electrons. The number of hydrogen-bond donors (Lipinski definition) is 1. The van der Waals surface area contributed by atoms with E-state index in [0.29, 0.717) is 30.6 Å². The highest BCUT2D eigenvalue weighted by molar-refractivity contribution is 6.05. The second-order valence-corrected chi connectivity index (χ2v) is 6.82. The van der Waals surface area contributed by atoms with Gasteiger partial charge in [-0.15, -0.1) is 0 Å². The molecule has 2 aromatic rings. The number of carboxylic acids is 1. The first-order chi connectivity index (χ1) is 11.9. The summed E-state index contributed by atoms with van der Waals surface area (Å²) in [6, 6.07) is 1.97. The number of amides is 1. The highest BCUT2D eigenvalue weighted by Crippen LogP contribution is 2.25. The van der Waals surface area contributed by atoms with Crippen LogP contribution in [0.5, 0.6) is 0 Å². The summed E-state index contributed by atoms with van der Waals surface area (Å²) in [6.45, 7) is 6.86. The van der Waals surface area contributed by atoms with E-state index in [9.17, 15) is 14.7 Å². The van der Waals surface area contributed by atoms with Crippen LogP contribution < -0.4 is 0 Å². The molecule has 2 aromatic heterocycles. The summed E-state index contributed by atoms with van der Waals surface area (Å²) < 4.78 is 1.86. The van der Waals surface area contributed by atoms with Crippen molar-refractivity contribution in [3.63, 3.8) is 0 Å². The number of likely N-dealkylation sites (tertiary alicyclic amines) is 1. The van der Waals surface area contributed by atoms with E-state index in [-0.39, 0.29) is 18.5 Å². The van der Waals surface area contributed by atoms with E-state index in [2.05, 4.69) is 23.9 Å². The fourth-order valence-electron chi connectivity index (χ4n) is 3.35. The Morgan fingerprint density at radius 1 is 1.44 bits per heavy atom. The zero-order valence-corrected chi connectivity index (χ0v) is 14.9. The molecule has 3 rings (SSSR count). The molecule has 1 fully saturated rings. The summed E-state index contributed by atoms with van der Waals surface area (Å²) in [6.07, 6.45) is 3.94. The number of fused-ring (bicyclic) bond motifs is 1. The van der Waals surface area contributed by atoms with Gasteiger partial charge in [-0.2, -0.15) is 5.10 Å². The number of carbonyl (C=O) groups excluding carboxylic acids is 1. The quantitative estimate of drug-likeness (QED) is 0.921. The second-order valence-electron chi connectivity index (χ2n) is 6.82. The Kier molecular flexibility index (Phi) is 4.74. The van der Waals surface area contributed by atoms with Crippen LogP contribution >= 0.6 is 0 Å². The van der Waals surface area contributed by atoms with E-state index in [1.54, 1.807) is 17.2 Å². The van der Waals surface area contributed by atoms with Gasteiger partial charge in [0.1, 0.15) is 0 Å². The molecule has 1 aliphatic heterocycles. The van der Waals surface area contributed by atoms with Crippen molar-refractivity contribution >= 4 is 22.9 Å². The van der Waals surface area contributed by atoms with Crippen LogP contribution in [0, 0.1) is 12.8 Å². The molecule has 1 saturated heterocycles. The van der Waals surface area contributed by atoms with E-state index in [4.69, 9.17) is 0 Å². The zero-order chi connectivity index (χ0) is 18.1. The lowest BCUT2D eigenvalue weighted by Crippen LogP contribution is -2.42. The number of piperidine rings is 1. The normalized spacial score (nSPS) is 19.2. The lowest BCUT2D eigenvalue weighted by molar-refractivity contribution is -0.143. The average Bonchev–Trinajstić information content (AvgIpc) is 3.03. The lowest BCUT2D eigenvalue weighted by Gasteiger charge is -2.31. The Bertz CT molecular complexity index is 814. The van der Waals surface area contributed by atoms with E-state index in [1.165, 1.54) is 0 Å². The van der Waals surface area contributed by atoms with Crippen LogP contribution in [0.4, 0.5) is 0 Å². The number of carboxylic acid groups (broad SMARTS) is 1. The molecule has 1 aliphatic rings. The number of hydrogen-bond acceptors (Lipinski definition) is 4. The summed E-state index contributed by atoms with van der Waals surface area (Å²) in [5.74, 6) is -1.46. The van der Waals surface area contributed by atoms with Gasteiger partial charge in [-0.3, -0.25) is 9.59 Å². The van der Waals surface area contributed by atoms with Gasteiger partial charge in [-0.05, 0) is 39.2 Å². The molecule has 0 aliphatic carbocycles. The van der Waals surface area contributed by atoms with Gasteiger partial charge in [0, 0.05) is 18.8 Å². The van der Waals surface area contributed by atoms with Gasteiger partial charge in [-0.25, -0.2) is 9.67 Å². The molecule has 2 atom stereocenters. The first-order valence-electron chi connectivity index (χ1n) is 8.79. The maximum atomic E-state index is 13.1. The Morgan fingerprint density at radius 3 is 2.88 bits per heavy atom. The second kappa shape index (κ2) is 6.82. The van der Waals surface area contributed by atoms with E-state index in [0.717, 1.165) is 17.5 Å². The summed E-state index contributed by atoms with van der Waals surface area (Å²) in [4.78, 5) is 30.5. The Hall–Kier alpha value is -2.44. The van der Waals surface area contributed by atoms with Crippen LogP contribution in [0.15, 0.2) is 12.3 Å². The summed E-state index contributed by atoms with van der Waals surface area (Å²) in [5.41, 5.74) is 2.03. The minimum Gasteiger partial charge on any atom is -0.481 e. The molecule has 25 heavy (non-hydrogen) atoms. The van der Waals surface area contributed by atoms with Gasteiger partial charge >= 0.3 is 5.97 Å². The predicted molar refractivity (Wildman–Crippen MR) is 93.5 cm³/mol. The van der Waals surface area contributed by atoms with Crippen LogP contribution in [-0.2, 0) is 4.79 Å². The van der Waals surface area contributed by atoms with Gasteiger partial charge in [0.2, 0.25) is 0 Å². The van der Waals surface area contributed by atoms with Crippen molar-refractivity contribution in [2.75, 3.05) is 13.1 Å². The van der Waals surface area contributed by atoms with Gasteiger partial charge in [0.25, 0.3) is 5.91 Å². The van der Waals surface area contributed by atoms with Crippen molar-refractivity contribution in [3.8, 4) is 0 Å². The number of pyridine rings is 1. The van der Waals surface area contributed by atoms with Gasteiger partial charge < -0.3 is 10.0 Å². The summed E-state index contributed by atoms with van der Waals surface area (Å²) in [7, 11) is 0. The van der Waals surface area contributed by atoms with Crippen molar-refractivity contribution in [3.05, 3.63) is 23.5 Å². The van der Waals surface area contributed by atoms with Crippen LogP contribution in [0.25, 0.3) is 11.0 Å². The Morgan fingerprint density at radius 2 is 2.20 bits per heavy atom. The third-order valence-electron chi connectivity index (χ3n) is 4.99. The third kappa shape index (κ3) is 3.23. The zero-order valence-electron chi connectivity index (χ0n) is 14.9. The SMILES string of the molecule is CCC(C)n1ncc2c(C(=O)N3CCC[C@H](C(=O)O)C3)cc(C)nc21. The fourth-order valence-corrected chi connectivity index (χ4v) is 3.35. The number of aliphatic carboxylic acids is 1. The number of aromatic nitrogens is 3. The van der Waals surface area contributed by atoms with Crippen LogP contribution in [0.2, 0.25) is 0 Å². The number of aryl methyl sites for hydroxylation is 1. The number of rotatable bonds is 4. The Labute approximate surface area is 146 Å². The van der Waals surface area contributed by atoms with Crippen molar-refractivity contribution < 1.29 is 14.7 Å². The Balaban J connectivity index is 1.99. The van der Waals surface area contributed by atoms with E-state index >= 15 is 0 Å². The molecule has 0 aromatic carbocycles. The largest absolute Gasteiger partial charge is 0.481 e. The van der Waals surface area contributed by atoms with Crippen molar-refractivity contribution in [2.24, 2.45) is 5.92 Å². The average molecular weight is 344 g/mol. The number of carbonyl (C=O) groups is 2. The fraction of sp³-hybridized carbons (Fsp3) is 0.556. The first-order valence-corrected chi connectivity index (χ1v) is 8.79. The van der Waals surface area contributed by atoms with Crippen molar-refractivity contribution in [2.45, 2.75) is 46.1 Å². The molecule has 1 unspecified atom stereocenters. The molecular formula is C18H24N4O3. The standard InChI is InChI=1S/C18H24N4O3/c1-4-12(3)22-16-15(9-19-22)14(8-11(2)20-16)17(23)21-7-5-6-13(10-21)18(24)25/h8-9,12-13H,4-7,10H2,1-3H3,(H,24,25)/t12?,13-/m0/s1. The highest BCUT2D eigenvalue weighted by Gasteiger charge is 2.30. The topological polar surface area (TPSA) is 88.3 Å². The number of nitrogens with zero attached hydrogens (tertiary/aromatic N) is 4. The van der Waals surface area contributed by atoms with Gasteiger partial charge in [0.15, 0.2) is 5.65 Å². The molecule has 0 radical (unpaired) electrons. The van der Waals surface area contributed by atoms with Crippen LogP contribution in [0.1, 0.15) is 55.2 Å². The van der Waals surface area contributed by atoms with Gasteiger partial charge in [-0.1, -0.05) is 6.92 Å². The molecule has 0 bridgehead atoms. The maximum absolute atomic E-state index is 13.1. The van der Waals surface area contributed by atoms with Crippen molar-refractivity contribution in [1.82, 2.24) is 19.7 Å². The third-order valence-corrected chi connectivity index (χ3v) is 4.99. The predicted octanol–water partition coefficient (Wildman–Crippen LogP) is 2.65. The smallest absolute Gasteiger partial charge is 0.308 e. The molecule has 1 amide bonds. The molecule has 0 saturated carbocycles. The maximum Gasteiger partial charge on any atom is 0.308 e. The minimum atomic E-state index is -0.835. The highest BCUT2D eigenvalue weighted by atomic mass is 16.4. The molecule has 3 heterocycles. The molecular weight excluding hydrogens is 320 g/mol. The molecule has 7 heteroatoms. The molecule has 7 nitrogen and oxygen atoms in total. The van der Waals surface area contributed by atoms with E-state index in [1.807, 2.05) is 11.6 Å². The lowest BCUT2D eigenvalue weighted by atomic mass is 9.97. The van der Waals surface area contributed by atoms with Crippen LogP contribution in [-0.4, -0.2) is 49.7 Å². The van der Waals surface area contributed by atoms with Crippen molar-refractivity contribution in [1.29, 1.82) is 0 Å². The molecule has 0 spiro atoms. The summed E-state index contributed by atoms with van der Waals surface area (Å²) >= 11 is 0.